The Morgan fingerprint density at radius 1 is 0.864 bits per heavy atom. The molecule has 0 atom stereocenters. The minimum atomic E-state index is 0.490. The Morgan fingerprint density at radius 2 is 1.45 bits per heavy atom. The van der Waals surface area contributed by atoms with Crippen LogP contribution in [-0.2, 0) is 6.54 Å². The standard InChI is InChI=1S/C20H26N2/c1-15(2)18-11-8-12-19(16(3)4)20(18)22-14-21-13-17-9-6-5-7-10-17/h5-12,14-16H,13H2,1-4H3,(H,21,22). The van der Waals surface area contributed by atoms with Gasteiger partial charge in [-0.05, 0) is 28.5 Å². The van der Waals surface area contributed by atoms with Crippen LogP contribution in [-0.4, -0.2) is 6.34 Å². The Balaban J connectivity index is 2.14. The molecular formula is C20H26N2. The minimum absolute atomic E-state index is 0.490. The van der Waals surface area contributed by atoms with Crippen molar-refractivity contribution in [2.24, 2.45) is 4.99 Å². The summed E-state index contributed by atoms with van der Waals surface area (Å²) in [6, 6.07) is 16.9. The lowest BCUT2D eigenvalue weighted by molar-refractivity contribution is 0.839. The Kier molecular flexibility index (Phi) is 5.76. The topological polar surface area (TPSA) is 24.4 Å². The Hall–Kier alpha value is -2.09. The summed E-state index contributed by atoms with van der Waals surface area (Å²) in [7, 11) is 0. The number of rotatable bonds is 6. The first kappa shape index (κ1) is 16.3. The summed E-state index contributed by atoms with van der Waals surface area (Å²) in [6.07, 6.45) is 1.83. The van der Waals surface area contributed by atoms with E-state index in [-0.39, 0.29) is 0 Å². The van der Waals surface area contributed by atoms with Gasteiger partial charge in [-0.3, -0.25) is 4.99 Å². The number of anilines is 1. The van der Waals surface area contributed by atoms with Crippen molar-refractivity contribution in [3.8, 4) is 0 Å². The molecule has 0 bridgehead atoms. The van der Waals surface area contributed by atoms with Crippen LogP contribution in [0.2, 0.25) is 0 Å². The van der Waals surface area contributed by atoms with Crippen LogP contribution in [0.25, 0.3) is 0 Å². The molecule has 116 valence electrons. The maximum Gasteiger partial charge on any atom is 0.0872 e. The first-order chi connectivity index (χ1) is 10.6. The van der Waals surface area contributed by atoms with Crippen LogP contribution in [0.4, 0.5) is 5.69 Å². The highest BCUT2D eigenvalue weighted by Gasteiger charge is 2.12. The number of hydrogen-bond donors (Lipinski definition) is 1. The second-order valence-corrected chi connectivity index (χ2v) is 6.22. The minimum Gasteiger partial charge on any atom is -0.346 e. The lowest BCUT2D eigenvalue weighted by Gasteiger charge is -2.19. The van der Waals surface area contributed by atoms with Gasteiger partial charge in [0.2, 0.25) is 0 Å². The van der Waals surface area contributed by atoms with Gasteiger partial charge in [0.1, 0.15) is 0 Å². The summed E-state index contributed by atoms with van der Waals surface area (Å²) in [5, 5.41) is 3.42. The lowest BCUT2D eigenvalue weighted by Crippen LogP contribution is -2.06. The van der Waals surface area contributed by atoms with E-state index in [1.54, 1.807) is 0 Å². The van der Waals surface area contributed by atoms with Gasteiger partial charge >= 0.3 is 0 Å². The molecular weight excluding hydrogens is 268 g/mol. The van der Waals surface area contributed by atoms with Gasteiger partial charge in [0.05, 0.1) is 12.9 Å². The van der Waals surface area contributed by atoms with Crippen molar-refractivity contribution >= 4 is 12.0 Å². The molecule has 0 amide bonds. The van der Waals surface area contributed by atoms with Gasteiger partial charge < -0.3 is 5.32 Å². The van der Waals surface area contributed by atoms with Crippen molar-refractivity contribution in [3.05, 3.63) is 65.2 Å². The maximum absolute atomic E-state index is 4.50. The molecule has 2 rings (SSSR count). The van der Waals surface area contributed by atoms with Gasteiger partial charge in [0.15, 0.2) is 0 Å². The third-order valence-electron chi connectivity index (χ3n) is 3.79. The van der Waals surface area contributed by atoms with Gasteiger partial charge in [-0.2, -0.15) is 0 Å². The molecule has 0 saturated carbocycles. The van der Waals surface area contributed by atoms with Crippen LogP contribution in [0.3, 0.4) is 0 Å². The average Bonchev–Trinajstić information content (AvgIpc) is 2.52. The van der Waals surface area contributed by atoms with E-state index in [2.05, 4.69) is 68.3 Å². The van der Waals surface area contributed by atoms with E-state index in [1.165, 1.54) is 22.4 Å². The molecule has 0 unspecified atom stereocenters. The maximum atomic E-state index is 4.50. The van der Waals surface area contributed by atoms with Gasteiger partial charge in [0, 0.05) is 5.69 Å². The van der Waals surface area contributed by atoms with Crippen molar-refractivity contribution in [1.82, 2.24) is 0 Å². The molecule has 0 saturated heterocycles. The summed E-state index contributed by atoms with van der Waals surface area (Å²) in [5.41, 5.74) is 5.13. The molecule has 0 heterocycles. The van der Waals surface area contributed by atoms with Crippen LogP contribution in [0.5, 0.6) is 0 Å². The van der Waals surface area contributed by atoms with E-state index in [1.807, 2.05) is 24.5 Å². The van der Waals surface area contributed by atoms with Crippen molar-refractivity contribution < 1.29 is 0 Å². The summed E-state index contributed by atoms with van der Waals surface area (Å²) in [5.74, 6) is 0.979. The highest BCUT2D eigenvalue weighted by molar-refractivity contribution is 5.80. The van der Waals surface area contributed by atoms with Gasteiger partial charge in [-0.15, -0.1) is 0 Å². The number of nitrogens with one attached hydrogen (secondary N) is 1. The summed E-state index contributed by atoms with van der Waals surface area (Å²) < 4.78 is 0. The van der Waals surface area contributed by atoms with Crippen molar-refractivity contribution in [2.75, 3.05) is 5.32 Å². The van der Waals surface area contributed by atoms with E-state index in [4.69, 9.17) is 0 Å². The van der Waals surface area contributed by atoms with Gasteiger partial charge in [0.25, 0.3) is 0 Å². The van der Waals surface area contributed by atoms with Crippen LogP contribution in [0, 0.1) is 0 Å². The first-order valence-corrected chi connectivity index (χ1v) is 8.01. The summed E-state index contributed by atoms with van der Waals surface area (Å²) in [6.45, 7) is 9.61. The van der Waals surface area contributed by atoms with Crippen molar-refractivity contribution in [1.29, 1.82) is 0 Å². The predicted molar refractivity (Wildman–Crippen MR) is 96.9 cm³/mol. The monoisotopic (exact) mass is 294 g/mol. The molecule has 1 N–H and O–H groups in total. The highest BCUT2D eigenvalue weighted by Crippen LogP contribution is 2.31. The van der Waals surface area contributed by atoms with Crippen LogP contribution < -0.4 is 5.32 Å². The molecule has 2 nitrogen and oxygen atoms in total. The van der Waals surface area contributed by atoms with E-state index in [0.29, 0.717) is 18.4 Å². The fourth-order valence-corrected chi connectivity index (χ4v) is 2.56. The quantitative estimate of drug-likeness (QED) is 0.546. The number of nitrogens with zero attached hydrogens (tertiary/aromatic N) is 1. The molecule has 0 aliphatic heterocycles. The molecule has 0 aromatic heterocycles. The highest BCUT2D eigenvalue weighted by atomic mass is 14.9. The predicted octanol–water partition coefficient (Wildman–Crippen LogP) is 5.57. The van der Waals surface area contributed by atoms with E-state index in [0.717, 1.165) is 0 Å². The molecule has 0 fully saturated rings. The van der Waals surface area contributed by atoms with Crippen molar-refractivity contribution in [3.63, 3.8) is 0 Å². The van der Waals surface area contributed by atoms with E-state index < -0.39 is 0 Å². The molecule has 0 radical (unpaired) electrons. The molecule has 2 heteroatoms. The van der Waals surface area contributed by atoms with Crippen LogP contribution in [0.1, 0.15) is 56.2 Å². The van der Waals surface area contributed by atoms with E-state index in [9.17, 15) is 0 Å². The number of benzene rings is 2. The largest absolute Gasteiger partial charge is 0.346 e. The zero-order valence-electron chi connectivity index (χ0n) is 14.0. The molecule has 22 heavy (non-hydrogen) atoms. The Labute approximate surface area is 134 Å². The molecule has 0 aliphatic rings. The van der Waals surface area contributed by atoms with Crippen molar-refractivity contribution in [2.45, 2.75) is 46.1 Å². The molecule has 0 spiro atoms. The Morgan fingerprint density at radius 3 is 2.00 bits per heavy atom. The normalized spacial score (nSPS) is 11.5. The third kappa shape index (κ3) is 4.20. The molecule has 0 aliphatic carbocycles. The zero-order chi connectivity index (χ0) is 15.9. The molecule has 2 aromatic rings. The fourth-order valence-electron chi connectivity index (χ4n) is 2.56. The van der Waals surface area contributed by atoms with Crippen LogP contribution >= 0.6 is 0 Å². The lowest BCUT2D eigenvalue weighted by atomic mass is 9.93. The summed E-state index contributed by atoms with van der Waals surface area (Å²) in [4.78, 5) is 4.50. The number of aliphatic imine (C=N–C) groups is 1. The fraction of sp³-hybridized carbons (Fsp3) is 0.350. The Bertz CT molecular complexity index is 587. The van der Waals surface area contributed by atoms with Crippen LogP contribution in [0.15, 0.2) is 53.5 Å². The number of hydrogen-bond acceptors (Lipinski definition) is 1. The second kappa shape index (κ2) is 7.79. The SMILES string of the molecule is CC(C)c1cccc(C(C)C)c1NC=NCc1ccccc1. The van der Waals surface area contributed by atoms with Gasteiger partial charge in [-0.1, -0.05) is 76.2 Å². The van der Waals surface area contributed by atoms with Gasteiger partial charge in [-0.25, -0.2) is 0 Å². The smallest absolute Gasteiger partial charge is 0.0872 e. The zero-order valence-corrected chi connectivity index (χ0v) is 14.0. The van der Waals surface area contributed by atoms with E-state index >= 15 is 0 Å². The second-order valence-electron chi connectivity index (χ2n) is 6.22. The third-order valence-corrected chi connectivity index (χ3v) is 3.79. The summed E-state index contributed by atoms with van der Waals surface area (Å²) >= 11 is 0. The first-order valence-electron chi connectivity index (χ1n) is 8.01. The average molecular weight is 294 g/mol. The molecule has 2 aromatic carbocycles. The number of para-hydroxylation sites is 1.